The molecule has 6 rings (SSSR count). The molecular formula is C39H43ClFN5O4S. The number of halogens is 2. The topological polar surface area (TPSA) is 107 Å². The van der Waals surface area contributed by atoms with E-state index in [2.05, 4.69) is 15.7 Å². The number of benzene rings is 3. The second kappa shape index (κ2) is 15.5. The maximum atomic E-state index is 13.8. The standard InChI is InChI=1S/C39H43ClFN5O4S/c1-23-35(24(2)44(3)42-23)36-33(40)14-13-32-31(8-6-16-47)38(39(49)50-5)46(37(32)36)15-7-17-51-22-28-21-29(45(4)43-28)11-9-25-18-26-20-27(41)10-12-30(26)34(48)19-25/h10,12-14,18-21,47-48H,6-9,11,15-17,22H2,1-5H3. The number of aliphatic hydroxyl groups excluding tert-OH is 1. The molecule has 0 saturated carbocycles. The summed E-state index contributed by atoms with van der Waals surface area (Å²) in [7, 11) is 5.24. The molecule has 3 aromatic heterocycles. The first kappa shape index (κ1) is 36.5. The quantitative estimate of drug-likeness (QED) is 0.0868. The van der Waals surface area contributed by atoms with Gasteiger partial charge < -0.3 is 19.5 Å². The van der Waals surface area contributed by atoms with Crippen molar-refractivity contribution in [2.24, 2.45) is 14.1 Å². The van der Waals surface area contributed by atoms with E-state index in [4.69, 9.17) is 21.4 Å². The first-order valence-corrected chi connectivity index (χ1v) is 18.6. The van der Waals surface area contributed by atoms with E-state index in [0.29, 0.717) is 47.3 Å². The van der Waals surface area contributed by atoms with Crippen LogP contribution >= 0.6 is 23.4 Å². The summed E-state index contributed by atoms with van der Waals surface area (Å²) in [5.74, 6) is 0.962. The van der Waals surface area contributed by atoms with Gasteiger partial charge in [0.05, 0.1) is 29.0 Å². The van der Waals surface area contributed by atoms with Crippen LogP contribution in [0.2, 0.25) is 5.02 Å². The number of methoxy groups -OCH3 is 1. The van der Waals surface area contributed by atoms with Crippen LogP contribution in [0.1, 0.15) is 57.2 Å². The average Bonchev–Trinajstić information content (AvgIpc) is 3.70. The molecule has 6 aromatic rings. The maximum absolute atomic E-state index is 13.8. The summed E-state index contributed by atoms with van der Waals surface area (Å²) in [6.07, 6.45) is 3.22. The third-order valence-electron chi connectivity index (χ3n) is 9.57. The van der Waals surface area contributed by atoms with Crippen LogP contribution < -0.4 is 0 Å². The van der Waals surface area contributed by atoms with Crippen molar-refractivity contribution in [2.45, 2.75) is 58.2 Å². The van der Waals surface area contributed by atoms with Crippen molar-refractivity contribution in [1.29, 1.82) is 0 Å². The van der Waals surface area contributed by atoms with Gasteiger partial charge in [0.15, 0.2) is 0 Å². The van der Waals surface area contributed by atoms with E-state index in [1.54, 1.807) is 23.9 Å². The maximum Gasteiger partial charge on any atom is 0.354 e. The zero-order valence-electron chi connectivity index (χ0n) is 29.6. The molecule has 0 atom stereocenters. The van der Waals surface area contributed by atoms with E-state index in [1.165, 1.54) is 19.2 Å². The summed E-state index contributed by atoms with van der Waals surface area (Å²) in [4.78, 5) is 13.4. The van der Waals surface area contributed by atoms with E-state index in [1.807, 2.05) is 55.5 Å². The molecule has 2 N–H and O–H groups in total. The summed E-state index contributed by atoms with van der Waals surface area (Å²) < 4.78 is 24.9. The van der Waals surface area contributed by atoms with Gasteiger partial charge in [0.25, 0.3) is 0 Å². The van der Waals surface area contributed by atoms with Gasteiger partial charge in [-0.3, -0.25) is 9.36 Å². The molecule has 0 spiro atoms. The lowest BCUT2D eigenvalue weighted by molar-refractivity contribution is 0.0587. The van der Waals surface area contributed by atoms with E-state index < -0.39 is 5.97 Å². The molecule has 268 valence electrons. The number of aromatic nitrogens is 5. The molecular weight excluding hydrogens is 689 g/mol. The highest BCUT2D eigenvalue weighted by atomic mass is 35.5. The number of hydrogen-bond donors (Lipinski definition) is 2. The number of nitrogens with zero attached hydrogens (tertiary/aromatic N) is 5. The first-order valence-electron chi connectivity index (χ1n) is 17.1. The summed E-state index contributed by atoms with van der Waals surface area (Å²) in [5, 5.41) is 32.4. The van der Waals surface area contributed by atoms with Crippen molar-refractivity contribution in [3.63, 3.8) is 0 Å². The van der Waals surface area contributed by atoms with Crippen LogP contribution in [0.15, 0.2) is 48.5 Å². The number of aromatic hydroxyl groups is 1. The number of ether oxygens (including phenoxy) is 1. The van der Waals surface area contributed by atoms with Gasteiger partial charge in [0, 0.05) is 66.3 Å². The molecule has 0 radical (unpaired) electrons. The molecule has 0 amide bonds. The fourth-order valence-corrected chi connectivity index (χ4v) is 8.18. The first-order chi connectivity index (χ1) is 24.5. The molecule has 0 fully saturated rings. The predicted molar refractivity (Wildman–Crippen MR) is 202 cm³/mol. The molecule has 9 nitrogen and oxygen atoms in total. The van der Waals surface area contributed by atoms with Crippen LogP contribution in [0, 0.1) is 19.7 Å². The molecule has 12 heteroatoms. The van der Waals surface area contributed by atoms with Crippen LogP contribution in [-0.2, 0) is 50.4 Å². The van der Waals surface area contributed by atoms with Crippen molar-refractivity contribution in [3.8, 4) is 16.9 Å². The summed E-state index contributed by atoms with van der Waals surface area (Å²) in [6, 6.07) is 14.0. The van der Waals surface area contributed by atoms with E-state index in [0.717, 1.165) is 80.3 Å². The largest absolute Gasteiger partial charge is 0.507 e. The lowest BCUT2D eigenvalue weighted by atomic mass is 9.98. The Hall–Kier alpha value is -4.32. The van der Waals surface area contributed by atoms with Crippen molar-refractivity contribution in [2.75, 3.05) is 19.5 Å². The zero-order valence-corrected chi connectivity index (χ0v) is 31.2. The lowest BCUT2D eigenvalue weighted by Gasteiger charge is -2.14. The Morgan fingerprint density at radius 1 is 0.961 bits per heavy atom. The number of aryl methyl sites for hydroxylation is 7. The summed E-state index contributed by atoms with van der Waals surface area (Å²) in [6.45, 7) is 4.56. The van der Waals surface area contributed by atoms with Crippen LogP contribution in [0.5, 0.6) is 5.75 Å². The monoisotopic (exact) mass is 731 g/mol. The normalized spacial score (nSPS) is 11.7. The number of hydrogen-bond acceptors (Lipinski definition) is 7. The van der Waals surface area contributed by atoms with E-state index in [9.17, 15) is 19.4 Å². The van der Waals surface area contributed by atoms with Gasteiger partial charge in [0.1, 0.15) is 17.3 Å². The minimum absolute atomic E-state index is 0.00862. The zero-order chi connectivity index (χ0) is 36.4. The second-order valence-electron chi connectivity index (χ2n) is 12.9. The van der Waals surface area contributed by atoms with Crippen molar-refractivity contribution in [1.82, 2.24) is 24.1 Å². The SMILES string of the molecule is COC(=O)c1c(CCCO)c2ccc(Cl)c(-c3c(C)nn(C)c3C)c2n1CCCSCc1cc(CCc2cc(O)c3ccc(F)cc3c2)n(C)n1. The molecule has 0 unspecified atom stereocenters. The van der Waals surface area contributed by atoms with Gasteiger partial charge in [-0.2, -0.15) is 22.0 Å². The fraction of sp³-hybridized carbons (Fsp3) is 0.359. The Bertz CT molecular complexity index is 2240. The van der Waals surface area contributed by atoms with E-state index in [-0.39, 0.29) is 18.2 Å². The summed E-state index contributed by atoms with van der Waals surface area (Å²) in [5.41, 5.74) is 8.82. The Morgan fingerprint density at radius 3 is 2.47 bits per heavy atom. The van der Waals surface area contributed by atoms with Gasteiger partial charge in [-0.15, -0.1) is 0 Å². The molecule has 51 heavy (non-hydrogen) atoms. The van der Waals surface area contributed by atoms with Crippen molar-refractivity contribution < 1.29 is 24.1 Å². The van der Waals surface area contributed by atoms with Gasteiger partial charge in [0.2, 0.25) is 0 Å². The van der Waals surface area contributed by atoms with E-state index >= 15 is 0 Å². The highest BCUT2D eigenvalue weighted by Gasteiger charge is 2.28. The van der Waals surface area contributed by atoms with Crippen molar-refractivity contribution >= 4 is 51.0 Å². The molecule has 0 aliphatic rings. The number of phenolic OH excluding ortho intramolecular Hbond substituents is 1. The van der Waals surface area contributed by atoms with Crippen LogP contribution in [-0.4, -0.2) is 59.8 Å². The minimum atomic E-state index is -0.416. The number of carbonyl (C=O) groups is 1. The smallest absolute Gasteiger partial charge is 0.354 e. The number of aliphatic hydroxyl groups is 1. The number of esters is 1. The molecule has 3 heterocycles. The van der Waals surface area contributed by atoms with Gasteiger partial charge in [-0.25, -0.2) is 9.18 Å². The number of fused-ring (bicyclic) bond motifs is 2. The van der Waals surface area contributed by atoms with Crippen LogP contribution in [0.25, 0.3) is 32.8 Å². The van der Waals surface area contributed by atoms with Gasteiger partial charge >= 0.3 is 5.97 Å². The average molecular weight is 732 g/mol. The summed E-state index contributed by atoms with van der Waals surface area (Å²) >= 11 is 8.74. The van der Waals surface area contributed by atoms with Crippen LogP contribution in [0.4, 0.5) is 4.39 Å². The van der Waals surface area contributed by atoms with Gasteiger partial charge in [-0.05, 0) is 105 Å². The minimum Gasteiger partial charge on any atom is -0.507 e. The Labute approximate surface area is 306 Å². The molecule has 0 saturated heterocycles. The predicted octanol–water partition coefficient (Wildman–Crippen LogP) is 7.86. The lowest BCUT2D eigenvalue weighted by Crippen LogP contribution is -2.14. The van der Waals surface area contributed by atoms with Crippen LogP contribution in [0.3, 0.4) is 0 Å². The third kappa shape index (κ3) is 7.38. The van der Waals surface area contributed by atoms with Crippen molar-refractivity contribution in [3.05, 3.63) is 99.0 Å². The third-order valence-corrected chi connectivity index (χ3v) is 11.0. The number of carbonyl (C=O) groups excluding carboxylic acids is 1. The van der Waals surface area contributed by atoms with Gasteiger partial charge in [-0.1, -0.05) is 23.7 Å². The number of thioether (sulfide) groups is 1. The Balaban J connectivity index is 1.19. The molecule has 0 aliphatic heterocycles. The fourth-order valence-electron chi connectivity index (χ4n) is 7.10. The Kier molecular flexibility index (Phi) is 11.1. The highest BCUT2D eigenvalue weighted by molar-refractivity contribution is 7.98. The number of phenols is 1. The molecule has 0 bridgehead atoms. The molecule has 0 aliphatic carbocycles. The molecule has 3 aromatic carbocycles. The highest BCUT2D eigenvalue weighted by Crippen LogP contribution is 2.42. The second-order valence-corrected chi connectivity index (χ2v) is 14.4. The number of rotatable bonds is 14. The Morgan fingerprint density at radius 2 is 1.75 bits per heavy atom.